The molecular weight excluding hydrogens is 286 g/mol. The van der Waals surface area contributed by atoms with Crippen molar-refractivity contribution in [2.24, 2.45) is 7.05 Å². The van der Waals surface area contributed by atoms with Crippen LogP contribution in [0.3, 0.4) is 0 Å². The summed E-state index contributed by atoms with van der Waals surface area (Å²) in [5.41, 5.74) is 0.827. The van der Waals surface area contributed by atoms with Crippen molar-refractivity contribution in [2.45, 2.75) is 31.6 Å². The first-order valence-corrected chi connectivity index (χ1v) is 7.44. The third-order valence-electron chi connectivity index (χ3n) is 3.66. The van der Waals surface area contributed by atoms with E-state index < -0.39 is 18.2 Å². The maximum Gasteiger partial charge on any atom is 0.246 e. The average molecular weight is 309 g/mol. The summed E-state index contributed by atoms with van der Waals surface area (Å²) in [6.45, 7) is 2.77. The molecule has 0 bridgehead atoms. The van der Waals surface area contributed by atoms with Gasteiger partial charge in [0.1, 0.15) is 12.2 Å². The summed E-state index contributed by atoms with van der Waals surface area (Å²) in [6, 6.07) is -0.533. The summed E-state index contributed by atoms with van der Waals surface area (Å²) < 4.78 is 6.92. The van der Waals surface area contributed by atoms with Crippen molar-refractivity contribution in [1.29, 1.82) is 0 Å². The van der Waals surface area contributed by atoms with Crippen LogP contribution in [0.2, 0.25) is 0 Å². The number of amides is 1. The van der Waals surface area contributed by atoms with E-state index in [2.05, 4.69) is 5.10 Å². The molecule has 0 saturated carbocycles. The zero-order chi connectivity index (χ0) is 16.1. The van der Waals surface area contributed by atoms with Crippen molar-refractivity contribution in [3.8, 4) is 0 Å². The van der Waals surface area contributed by atoms with Crippen molar-refractivity contribution in [3.63, 3.8) is 0 Å². The Labute approximate surface area is 129 Å². The second-order valence-electron chi connectivity index (χ2n) is 5.48. The van der Waals surface area contributed by atoms with E-state index in [1.807, 2.05) is 6.92 Å². The molecule has 2 heterocycles. The quantitative estimate of drug-likeness (QED) is 0.735. The average Bonchev–Trinajstić information content (AvgIpc) is 2.91. The van der Waals surface area contributed by atoms with Crippen LogP contribution in [0, 0.1) is 0 Å². The molecule has 0 spiro atoms. The van der Waals surface area contributed by atoms with Gasteiger partial charge in [0.2, 0.25) is 5.91 Å². The highest BCUT2D eigenvalue weighted by Crippen LogP contribution is 2.16. The van der Waals surface area contributed by atoms with Gasteiger partial charge < -0.3 is 19.8 Å². The lowest BCUT2D eigenvalue weighted by molar-refractivity contribution is -0.152. The zero-order valence-corrected chi connectivity index (χ0v) is 12.9. The van der Waals surface area contributed by atoms with E-state index in [9.17, 15) is 15.0 Å². The van der Waals surface area contributed by atoms with Gasteiger partial charge in [-0.2, -0.15) is 5.10 Å². The van der Waals surface area contributed by atoms with Crippen LogP contribution in [0.25, 0.3) is 6.08 Å². The molecule has 3 atom stereocenters. The molecule has 1 saturated heterocycles. The zero-order valence-electron chi connectivity index (χ0n) is 12.9. The molecule has 0 radical (unpaired) electrons. The number of carbonyl (C=O) groups is 1. The SMILES string of the molecule is CCCN(C(=O)/C=C/c1cnn(C)c1)[C@@H]1COC[C@@H](O)[C@H]1O. The van der Waals surface area contributed by atoms with Crippen molar-refractivity contribution in [3.05, 3.63) is 24.0 Å². The lowest BCUT2D eigenvalue weighted by atomic mass is 10.0. The van der Waals surface area contributed by atoms with Gasteiger partial charge in [-0.3, -0.25) is 9.48 Å². The van der Waals surface area contributed by atoms with E-state index in [4.69, 9.17) is 4.74 Å². The number of hydrogen-bond donors (Lipinski definition) is 2. The van der Waals surface area contributed by atoms with Crippen LogP contribution in [-0.2, 0) is 16.6 Å². The van der Waals surface area contributed by atoms with Crippen LogP contribution in [-0.4, -0.2) is 68.8 Å². The van der Waals surface area contributed by atoms with Crippen molar-refractivity contribution in [1.82, 2.24) is 14.7 Å². The monoisotopic (exact) mass is 309 g/mol. The second kappa shape index (κ2) is 7.53. The van der Waals surface area contributed by atoms with E-state index in [0.29, 0.717) is 6.54 Å². The van der Waals surface area contributed by atoms with Crippen LogP contribution in [0.4, 0.5) is 0 Å². The summed E-state index contributed by atoms with van der Waals surface area (Å²) in [6.07, 6.45) is 5.41. The van der Waals surface area contributed by atoms with Crippen LogP contribution >= 0.6 is 0 Å². The molecule has 7 heteroatoms. The van der Waals surface area contributed by atoms with Gasteiger partial charge in [0.25, 0.3) is 0 Å². The third-order valence-corrected chi connectivity index (χ3v) is 3.66. The lowest BCUT2D eigenvalue weighted by Crippen LogP contribution is -2.57. The molecule has 0 unspecified atom stereocenters. The van der Waals surface area contributed by atoms with Crippen LogP contribution in [0.5, 0.6) is 0 Å². The Bertz CT molecular complexity index is 529. The molecule has 1 aromatic heterocycles. The van der Waals surface area contributed by atoms with E-state index >= 15 is 0 Å². The normalized spacial score (nSPS) is 25.5. The smallest absolute Gasteiger partial charge is 0.246 e. The van der Waals surface area contributed by atoms with Crippen molar-refractivity contribution < 1.29 is 19.7 Å². The first-order chi connectivity index (χ1) is 10.5. The Morgan fingerprint density at radius 2 is 2.32 bits per heavy atom. The predicted molar refractivity (Wildman–Crippen MR) is 80.9 cm³/mol. The molecule has 1 amide bonds. The number of aliphatic hydroxyl groups is 2. The highest BCUT2D eigenvalue weighted by atomic mass is 16.5. The maximum absolute atomic E-state index is 12.4. The van der Waals surface area contributed by atoms with E-state index in [-0.39, 0.29) is 19.1 Å². The number of ether oxygens (including phenoxy) is 1. The van der Waals surface area contributed by atoms with Crippen LogP contribution in [0.1, 0.15) is 18.9 Å². The van der Waals surface area contributed by atoms with Crippen LogP contribution in [0.15, 0.2) is 18.5 Å². The highest BCUT2D eigenvalue weighted by molar-refractivity contribution is 5.92. The Balaban J connectivity index is 2.09. The molecule has 2 rings (SSSR count). The number of aromatic nitrogens is 2. The lowest BCUT2D eigenvalue weighted by Gasteiger charge is -2.39. The molecule has 1 aliphatic heterocycles. The fraction of sp³-hybridized carbons (Fsp3) is 0.600. The van der Waals surface area contributed by atoms with E-state index in [1.54, 1.807) is 35.1 Å². The molecule has 7 nitrogen and oxygen atoms in total. The number of hydrogen-bond acceptors (Lipinski definition) is 5. The van der Waals surface area contributed by atoms with Gasteiger partial charge in [-0.25, -0.2) is 0 Å². The molecule has 22 heavy (non-hydrogen) atoms. The van der Waals surface area contributed by atoms with Crippen LogP contribution < -0.4 is 0 Å². The number of nitrogens with zero attached hydrogens (tertiary/aromatic N) is 3. The molecule has 122 valence electrons. The largest absolute Gasteiger partial charge is 0.388 e. The minimum absolute atomic E-state index is 0.0946. The van der Waals surface area contributed by atoms with Gasteiger partial charge >= 0.3 is 0 Å². The summed E-state index contributed by atoms with van der Waals surface area (Å²) in [4.78, 5) is 14.0. The van der Waals surface area contributed by atoms with Crippen molar-refractivity contribution in [2.75, 3.05) is 19.8 Å². The standard InChI is InChI=1S/C15H23N3O4/c1-3-6-18(12-9-22-10-13(19)15(12)21)14(20)5-4-11-7-16-17(2)8-11/h4-5,7-8,12-13,15,19,21H,3,6,9-10H2,1-2H3/b5-4+/t12-,13-,15+/m1/s1. The summed E-state index contributed by atoms with van der Waals surface area (Å²) in [5, 5.41) is 23.9. The van der Waals surface area contributed by atoms with E-state index in [1.165, 1.54) is 6.08 Å². The van der Waals surface area contributed by atoms with Gasteiger partial charge in [-0.15, -0.1) is 0 Å². The summed E-state index contributed by atoms with van der Waals surface area (Å²) in [5.74, 6) is -0.215. The molecule has 1 aromatic rings. The van der Waals surface area contributed by atoms with Gasteiger partial charge in [-0.05, 0) is 12.5 Å². The number of aryl methyl sites for hydroxylation is 1. The highest BCUT2D eigenvalue weighted by Gasteiger charge is 2.36. The topological polar surface area (TPSA) is 87.8 Å². The van der Waals surface area contributed by atoms with Gasteiger partial charge in [0.15, 0.2) is 0 Å². The molecule has 1 aliphatic rings. The Morgan fingerprint density at radius 3 is 2.95 bits per heavy atom. The molecule has 0 aliphatic carbocycles. The summed E-state index contributed by atoms with van der Waals surface area (Å²) in [7, 11) is 1.81. The second-order valence-corrected chi connectivity index (χ2v) is 5.48. The third kappa shape index (κ3) is 3.94. The first-order valence-electron chi connectivity index (χ1n) is 7.44. The molecule has 1 fully saturated rings. The first kappa shape index (κ1) is 16.7. The van der Waals surface area contributed by atoms with Gasteiger partial charge in [0.05, 0.1) is 25.5 Å². The number of aliphatic hydroxyl groups excluding tert-OH is 2. The Kier molecular flexibility index (Phi) is 5.70. The van der Waals surface area contributed by atoms with Gasteiger partial charge in [0, 0.05) is 31.4 Å². The number of carbonyl (C=O) groups excluding carboxylic acids is 1. The fourth-order valence-electron chi connectivity index (χ4n) is 2.51. The van der Waals surface area contributed by atoms with Crippen molar-refractivity contribution >= 4 is 12.0 Å². The minimum Gasteiger partial charge on any atom is -0.388 e. The summed E-state index contributed by atoms with van der Waals surface area (Å²) >= 11 is 0. The molecule has 2 N–H and O–H groups in total. The van der Waals surface area contributed by atoms with Gasteiger partial charge in [-0.1, -0.05) is 6.92 Å². The number of rotatable bonds is 5. The Morgan fingerprint density at radius 1 is 1.55 bits per heavy atom. The molecular formula is C15H23N3O4. The Hall–Kier alpha value is -1.70. The fourth-order valence-corrected chi connectivity index (χ4v) is 2.51. The molecule has 0 aromatic carbocycles. The minimum atomic E-state index is -0.990. The maximum atomic E-state index is 12.4. The van der Waals surface area contributed by atoms with E-state index in [0.717, 1.165) is 12.0 Å². The predicted octanol–water partition coefficient (Wildman–Crippen LogP) is -0.208.